The summed E-state index contributed by atoms with van der Waals surface area (Å²) in [6, 6.07) is -0.0262. The van der Waals surface area contributed by atoms with E-state index in [1.54, 1.807) is 12.3 Å². The average Bonchev–Trinajstić information content (AvgIpc) is 2.04. The molecule has 0 spiro atoms. The van der Waals surface area contributed by atoms with Gasteiger partial charge in [0.1, 0.15) is 0 Å². The average molecular weight is 167 g/mol. The molecule has 2 nitrogen and oxygen atoms in total. The van der Waals surface area contributed by atoms with Crippen LogP contribution >= 0.6 is 0 Å². The zero-order valence-electron chi connectivity index (χ0n) is 7.83. The molecule has 0 radical (unpaired) electrons. The van der Waals surface area contributed by atoms with E-state index in [0.717, 1.165) is 5.57 Å². The van der Waals surface area contributed by atoms with Gasteiger partial charge < -0.3 is 5.11 Å². The lowest BCUT2D eigenvalue weighted by atomic mass is 10.1. The molecule has 0 amide bonds. The van der Waals surface area contributed by atoms with Gasteiger partial charge in [-0.2, -0.15) is 0 Å². The van der Waals surface area contributed by atoms with E-state index in [2.05, 4.69) is 18.2 Å². The van der Waals surface area contributed by atoms with Crippen molar-refractivity contribution in [3.05, 3.63) is 24.8 Å². The van der Waals surface area contributed by atoms with Crippen LogP contribution in [-0.2, 0) is 0 Å². The number of aliphatic hydroxyl groups is 1. The molecule has 68 valence electrons. The third kappa shape index (κ3) is 4.09. The highest BCUT2D eigenvalue weighted by molar-refractivity contribution is 5.81. The lowest BCUT2D eigenvalue weighted by Gasteiger charge is -2.12. The molecule has 0 fully saturated rings. The van der Waals surface area contributed by atoms with Crippen molar-refractivity contribution in [2.75, 3.05) is 6.61 Å². The Morgan fingerprint density at radius 3 is 2.50 bits per heavy atom. The molecule has 1 atom stereocenters. The first-order chi connectivity index (χ1) is 5.61. The first-order valence-electron chi connectivity index (χ1n) is 4.07. The predicted octanol–water partition coefficient (Wildman–Crippen LogP) is 1.82. The van der Waals surface area contributed by atoms with Crippen molar-refractivity contribution in [1.82, 2.24) is 0 Å². The van der Waals surface area contributed by atoms with Crippen molar-refractivity contribution in [2.45, 2.75) is 19.9 Å². The van der Waals surface area contributed by atoms with Gasteiger partial charge in [0.15, 0.2) is 0 Å². The number of nitrogens with zero attached hydrogens (tertiary/aromatic N) is 1. The van der Waals surface area contributed by atoms with E-state index in [-0.39, 0.29) is 12.6 Å². The second-order valence-electron chi connectivity index (χ2n) is 3.05. The van der Waals surface area contributed by atoms with Gasteiger partial charge in [-0.15, -0.1) is 0 Å². The van der Waals surface area contributed by atoms with Crippen molar-refractivity contribution < 1.29 is 5.11 Å². The maximum atomic E-state index is 8.91. The van der Waals surface area contributed by atoms with Crippen LogP contribution in [0.3, 0.4) is 0 Å². The van der Waals surface area contributed by atoms with Crippen molar-refractivity contribution in [1.29, 1.82) is 0 Å². The predicted molar refractivity (Wildman–Crippen MR) is 53.5 cm³/mol. The van der Waals surface area contributed by atoms with E-state index in [9.17, 15) is 0 Å². The fourth-order valence-corrected chi connectivity index (χ4v) is 0.674. The Bertz CT molecular complexity index is 182. The van der Waals surface area contributed by atoms with Crippen LogP contribution in [0.25, 0.3) is 0 Å². The number of hydrogen-bond donors (Lipinski definition) is 1. The van der Waals surface area contributed by atoms with Crippen LogP contribution in [0.5, 0.6) is 0 Å². The summed E-state index contributed by atoms with van der Waals surface area (Å²) >= 11 is 0. The Morgan fingerprint density at radius 1 is 1.58 bits per heavy atom. The number of rotatable bonds is 5. The molecule has 0 rings (SSSR count). The molecule has 0 aliphatic rings. The molecule has 0 aromatic rings. The minimum absolute atomic E-state index is 0.0262. The maximum absolute atomic E-state index is 8.91. The van der Waals surface area contributed by atoms with Crippen molar-refractivity contribution in [3.63, 3.8) is 0 Å². The molecule has 0 saturated carbocycles. The third-order valence-corrected chi connectivity index (χ3v) is 1.65. The Labute approximate surface area is 74.3 Å². The first-order valence-corrected chi connectivity index (χ1v) is 4.07. The summed E-state index contributed by atoms with van der Waals surface area (Å²) in [6.07, 6.45) is 3.28. The molecular formula is C10H17NO. The summed E-state index contributed by atoms with van der Waals surface area (Å²) < 4.78 is 0. The second-order valence-corrected chi connectivity index (χ2v) is 3.05. The van der Waals surface area contributed by atoms with Crippen molar-refractivity contribution in [3.8, 4) is 0 Å². The van der Waals surface area contributed by atoms with Gasteiger partial charge in [0.25, 0.3) is 0 Å². The highest BCUT2D eigenvalue weighted by atomic mass is 16.3. The van der Waals surface area contributed by atoms with E-state index in [0.29, 0.717) is 5.92 Å². The molecule has 12 heavy (non-hydrogen) atoms. The number of aliphatic imine (C=N–C) groups is 1. The monoisotopic (exact) mass is 167 g/mol. The Kier molecular flexibility index (Phi) is 5.30. The van der Waals surface area contributed by atoms with Gasteiger partial charge in [-0.3, -0.25) is 4.99 Å². The van der Waals surface area contributed by atoms with Gasteiger partial charge >= 0.3 is 0 Å². The molecule has 0 aromatic carbocycles. The molecule has 0 bridgehead atoms. The fraction of sp³-hybridized carbons (Fsp3) is 0.500. The summed E-state index contributed by atoms with van der Waals surface area (Å²) in [5.74, 6) is 0.351. The topological polar surface area (TPSA) is 32.6 Å². The van der Waals surface area contributed by atoms with Gasteiger partial charge in [0.05, 0.1) is 12.6 Å². The van der Waals surface area contributed by atoms with Gasteiger partial charge in [0.2, 0.25) is 0 Å². The van der Waals surface area contributed by atoms with Crippen LogP contribution < -0.4 is 0 Å². The lowest BCUT2D eigenvalue weighted by Crippen LogP contribution is -2.17. The summed E-state index contributed by atoms with van der Waals surface area (Å²) in [4.78, 5) is 4.17. The Hall–Kier alpha value is -0.890. The van der Waals surface area contributed by atoms with Gasteiger partial charge in [-0.05, 0) is 11.5 Å². The highest BCUT2D eigenvalue weighted by Gasteiger charge is 2.08. The third-order valence-electron chi connectivity index (χ3n) is 1.65. The van der Waals surface area contributed by atoms with Crippen LogP contribution in [-0.4, -0.2) is 24.0 Å². The highest BCUT2D eigenvalue weighted by Crippen LogP contribution is 2.05. The number of aliphatic hydroxyl groups excluding tert-OH is 1. The van der Waals surface area contributed by atoms with Crippen LogP contribution in [0.4, 0.5) is 0 Å². The lowest BCUT2D eigenvalue weighted by molar-refractivity contribution is 0.240. The second kappa shape index (κ2) is 5.72. The SMILES string of the molecule is C=CC(=C)C=N[C@H](CO)C(C)C. The van der Waals surface area contributed by atoms with E-state index >= 15 is 0 Å². The van der Waals surface area contributed by atoms with Crippen molar-refractivity contribution >= 4 is 6.21 Å². The largest absolute Gasteiger partial charge is 0.394 e. The smallest absolute Gasteiger partial charge is 0.0753 e. The molecular weight excluding hydrogens is 150 g/mol. The minimum Gasteiger partial charge on any atom is -0.394 e. The molecule has 0 saturated heterocycles. The Balaban J connectivity index is 4.09. The van der Waals surface area contributed by atoms with Gasteiger partial charge in [-0.25, -0.2) is 0 Å². The van der Waals surface area contributed by atoms with Crippen LogP contribution in [0, 0.1) is 5.92 Å². The minimum atomic E-state index is -0.0262. The fourth-order valence-electron chi connectivity index (χ4n) is 0.674. The van der Waals surface area contributed by atoms with E-state index in [1.807, 2.05) is 13.8 Å². The standard InChI is InChI=1S/C10H17NO/c1-5-9(4)6-11-10(7-12)8(2)3/h5-6,8,10,12H,1,4,7H2,2-3H3/t10-/m1/s1. The zero-order chi connectivity index (χ0) is 9.56. The number of hydrogen-bond acceptors (Lipinski definition) is 2. The molecule has 2 heteroatoms. The summed E-state index contributed by atoms with van der Waals surface area (Å²) in [5, 5.41) is 8.91. The molecule has 0 aromatic heterocycles. The molecule has 0 aliphatic heterocycles. The quantitative estimate of drug-likeness (QED) is 0.491. The molecule has 1 N–H and O–H groups in total. The molecule has 0 heterocycles. The zero-order valence-corrected chi connectivity index (χ0v) is 7.83. The molecule has 0 aliphatic carbocycles. The van der Waals surface area contributed by atoms with Crippen LogP contribution in [0.15, 0.2) is 29.8 Å². The van der Waals surface area contributed by atoms with Crippen molar-refractivity contribution in [2.24, 2.45) is 10.9 Å². The summed E-state index contributed by atoms with van der Waals surface area (Å²) in [5.41, 5.74) is 0.772. The van der Waals surface area contributed by atoms with Gasteiger partial charge in [0, 0.05) is 6.21 Å². The maximum Gasteiger partial charge on any atom is 0.0753 e. The Morgan fingerprint density at radius 2 is 2.17 bits per heavy atom. The van der Waals surface area contributed by atoms with Gasteiger partial charge in [-0.1, -0.05) is 33.1 Å². The molecule has 0 unspecified atom stereocenters. The van der Waals surface area contributed by atoms with E-state index < -0.39 is 0 Å². The van der Waals surface area contributed by atoms with E-state index in [1.165, 1.54) is 0 Å². The normalized spacial score (nSPS) is 13.7. The van der Waals surface area contributed by atoms with Crippen LogP contribution in [0.1, 0.15) is 13.8 Å². The first kappa shape index (κ1) is 11.1. The summed E-state index contributed by atoms with van der Waals surface area (Å²) in [7, 11) is 0. The van der Waals surface area contributed by atoms with E-state index in [4.69, 9.17) is 5.11 Å². The number of allylic oxidation sites excluding steroid dienone is 2. The summed E-state index contributed by atoms with van der Waals surface area (Å²) in [6.45, 7) is 11.4. The van der Waals surface area contributed by atoms with Crippen LogP contribution in [0.2, 0.25) is 0 Å².